The Kier molecular flexibility index (Phi) is 7.75. The lowest BCUT2D eigenvalue weighted by Gasteiger charge is -2.20. The molecular formula is C19H25NO4. The van der Waals surface area contributed by atoms with Gasteiger partial charge in [0, 0.05) is 12.2 Å². The summed E-state index contributed by atoms with van der Waals surface area (Å²) in [5, 5.41) is 8.95. The summed E-state index contributed by atoms with van der Waals surface area (Å²) in [6.45, 7) is 6.54. The van der Waals surface area contributed by atoms with Crippen molar-refractivity contribution in [1.29, 1.82) is 0 Å². The lowest BCUT2D eigenvalue weighted by atomic mass is 10.1. The molecule has 0 fully saturated rings. The first-order valence-corrected chi connectivity index (χ1v) is 7.83. The van der Waals surface area contributed by atoms with Gasteiger partial charge >= 0.3 is 12.1 Å². The van der Waals surface area contributed by atoms with Crippen LogP contribution in [0.15, 0.2) is 47.6 Å². The Morgan fingerprint density at radius 2 is 1.75 bits per heavy atom. The summed E-state index contributed by atoms with van der Waals surface area (Å²) in [6.07, 6.45) is 5.58. The smallest absolute Gasteiger partial charge is 0.414 e. The second-order valence-electron chi connectivity index (χ2n) is 5.80. The van der Waals surface area contributed by atoms with E-state index < -0.39 is 12.1 Å². The molecule has 24 heavy (non-hydrogen) atoms. The number of rotatable bonds is 7. The number of methoxy groups -OCH3 is 1. The number of carboxylic acid groups (broad SMARTS) is 1. The van der Waals surface area contributed by atoms with E-state index >= 15 is 0 Å². The molecular weight excluding hydrogens is 306 g/mol. The van der Waals surface area contributed by atoms with Crippen LogP contribution in [0, 0.1) is 0 Å². The average molecular weight is 331 g/mol. The Labute approximate surface area is 143 Å². The van der Waals surface area contributed by atoms with Crippen LogP contribution in [0.5, 0.6) is 0 Å². The van der Waals surface area contributed by atoms with E-state index in [1.54, 1.807) is 12.1 Å². The van der Waals surface area contributed by atoms with E-state index in [9.17, 15) is 9.59 Å². The summed E-state index contributed by atoms with van der Waals surface area (Å²) in [6, 6.07) is 6.15. The summed E-state index contributed by atoms with van der Waals surface area (Å²) >= 11 is 0. The number of benzene rings is 1. The molecule has 0 spiro atoms. The number of carbonyl (C=O) groups excluding carboxylic acids is 1. The molecule has 0 bridgehead atoms. The highest BCUT2D eigenvalue weighted by Gasteiger charge is 2.15. The van der Waals surface area contributed by atoms with Gasteiger partial charge in [-0.25, -0.2) is 9.59 Å². The molecule has 1 amide bonds. The standard InChI is InChI=1S/C19H25NO4/c1-14(2)6-5-7-15(3)12-13-20(19(23)24-4)17-10-8-16(9-11-17)18(21)22/h6,8-12H,5,7,13H2,1-4H3,(H,21,22). The number of allylic oxidation sites excluding steroid dienone is 3. The van der Waals surface area contributed by atoms with E-state index in [1.165, 1.54) is 35.3 Å². The van der Waals surface area contributed by atoms with Gasteiger partial charge in [-0.1, -0.05) is 23.3 Å². The Morgan fingerprint density at radius 3 is 2.25 bits per heavy atom. The van der Waals surface area contributed by atoms with E-state index in [0.717, 1.165) is 12.8 Å². The van der Waals surface area contributed by atoms with Crippen molar-refractivity contribution in [2.45, 2.75) is 33.6 Å². The second-order valence-corrected chi connectivity index (χ2v) is 5.80. The third kappa shape index (κ3) is 6.28. The van der Waals surface area contributed by atoms with Crippen LogP contribution < -0.4 is 4.90 Å². The number of carbonyl (C=O) groups is 2. The molecule has 1 aromatic rings. The van der Waals surface area contributed by atoms with Crippen molar-refractivity contribution in [1.82, 2.24) is 0 Å². The monoisotopic (exact) mass is 331 g/mol. The van der Waals surface area contributed by atoms with Crippen molar-refractivity contribution >= 4 is 17.7 Å². The van der Waals surface area contributed by atoms with Gasteiger partial charge in [0.1, 0.15) is 0 Å². The predicted octanol–water partition coefficient (Wildman–Crippen LogP) is 4.65. The van der Waals surface area contributed by atoms with Gasteiger partial charge < -0.3 is 9.84 Å². The number of hydrogen-bond donors (Lipinski definition) is 1. The maximum atomic E-state index is 12.0. The Balaban J connectivity index is 2.84. The minimum absolute atomic E-state index is 0.178. The number of amides is 1. The molecule has 0 atom stereocenters. The topological polar surface area (TPSA) is 66.8 Å². The maximum absolute atomic E-state index is 12.0. The van der Waals surface area contributed by atoms with Crippen LogP contribution in [0.3, 0.4) is 0 Å². The average Bonchev–Trinajstić information content (AvgIpc) is 2.54. The van der Waals surface area contributed by atoms with Crippen molar-refractivity contribution in [3.05, 3.63) is 53.1 Å². The fraction of sp³-hybridized carbons (Fsp3) is 0.368. The highest BCUT2D eigenvalue weighted by atomic mass is 16.5. The SMILES string of the molecule is COC(=O)N(CC=C(C)CCC=C(C)C)c1ccc(C(=O)O)cc1. The Hall–Kier alpha value is -2.56. The quantitative estimate of drug-likeness (QED) is 0.739. The van der Waals surface area contributed by atoms with Crippen LogP contribution in [-0.2, 0) is 4.74 Å². The van der Waals surface area contributed by atoms with Gasteiger partial charge in [-0.2, -0.15) is 0 Å². The molecule has 0 aromatic heterocycles. The van der Waals surface area contributed by atoms with Gasteiger partial charge in [0.05, 0.1) is 12.7 Å². The molecule has 1 N–H and O–H groups in total. The molecule has 5 heteroatoms. The lowest BCUT2D eigenvalue weighted by Crippen LogP contribution is -2.31. The number of hydrogen-bond acceptors (Lipinski definition) is 3. The zero-order chi connectivity index (χ0) is 18.1. The van der Waals surface area contributed by atoms with Crippen molar-refractivity contribution < 1.29 is 19.4 Å². The van der Waals surface area contributed by atoms with Crippen LogP contribution >= 0.6 is 0 Å². The first kappa shape index (κ1) is 19.5. The van der Waals surface area contributed by atoms with Gasteiger partial charge in [0.15, 0.2) is 0 Å². The molecule has 0 aliphatic heterocycles. The summed E-state index contributed by atoms with van der Waals surface area (Å²) < 4.78 is 4.82. The fourth-order valence-electron chi connectivity index (χ4n) is 2.12. The first-order valence-electron chi connectivity index (χ1n) is 7.83. The molecule has 0 unspecified atom stereocenters. The van der Waals surface area contributed by atoms with Gasteiger partial charge in [-0.15, -0.1) is 0 Å². The molecule has 0 heterocycles. The molecule has 130 valence electrons. The Morgan fingerprint density at radius 1 is 1.12 bits per heavy atom. The van der Waals surface area contributed by atoms with Gasteiger partial charge in [0.25, 0.3) is 0 Å². The van der Waals surface area contributed by atoms with Gasteiger partial charge in [-0.3, -0.25) is 4.90 Å². The van der Waals surface area contributed by atoms with Crippen LogP contribution in [0.4, 0.5) is 10.5 Å². The zero-order valence-corrected chi connectivity index (χ0v) is 14.7. The van der Waals surface area contributed by atoms with Crippen LogP contribution in [0.2, 0.25) is 0 Å². The lowest BCUT2D eigenvalue weighted by molar-refractivity contribution is 0.0697. The molecule has 1 rings (SSSR count). The molecule has 0 saturated heterocycles. The second kappa shape index (κ2) is 9.55. The van der Waals surface area contributed by atoms with E-state index in [2.05, 4.69) is 19.9 Å². The van der Waals surface area contributed by atoms with Crippen molar-refractivity contribution in [2.75, 3.05) is 18.6 Å². The molecule has 5 nitrogen and oxygen atoms in total. The fourth-order valence-corrected chi connectivity index (χ4v) is 2.12. The highest BCUT2D eigenvalue weighted by Crippen LogP contribution is 2.17. The van der Waals surface area contributed by atoms with E-state index in [0.29, 0.717) is 12.2 Å². The minimum Gasteiger partial charge on any atom is -0.478 e. The molecule has 0 saturated carbocycles. The molecule has 0 radical (unpaired) electrons. The summed E-state index contributed by atoms with van der Waals surface area (Å²) in [7, 11) is 1.33. The number of anilines is 1. The van der Waals surface area contributed by atoms with Crippen molar-refractivity contribution in [3.63, 3.8) is 0 Å². The van der Waals surface area contributed by atoms with E-state index in [1.807, 2.05) is 13.0 Å². The van der Waals surface area contributed by atoms with Crippen LogP contribution in [0.25, 0.3) is 0 Å². The maximum Gasteiger partial charge on any atom is 0.414 e. The molecule has 0 aliphatic rings. The number of ether oxygens (including phenoxy) is 1. The number of carboxylic acids is 1. The van der Waals surface area contributed by atoms with Gasteiger partial charge in [0.2, 0.25) is 0 Å². The zero-order valence-electron chi connectivity index (χ0n) is 14.7. The van der Waals surface area contributed by atoms with E-state index in [4.69, 9.17) is 9.84 Å². The van der Waals surface area contributed by atoms with Crippen LogP contribution in [0.1, 0.15) is 44.0 Å². The van der Waals surface area contributed by atoms with Gasteiger partial charge in [-0.05, 0) is 57.9 Å². The van der Waals surface area contributed by atoms with E-state index in [-0.39, 0.29) is 5.56 Å². The highest BCUT2D eigenvalue weighted by molar-refractivity contribution is 5.91. The number of aromatic carboxylic acids is 1. The molecule has 1 aromatic carbocycles. The predicted molar refractivity (Wildman–Crippen MR) is 95.6 cm³/mol. The first-order chi connectivity index (χ1) is 11.3. The molecule has 0 aliphatic carbocycles. The summed E-state index contributed by atoms with van der Waals surface area (Å²) in [4.78, 5) is 24.4. The number of nitrogens with zero attached hydrogens (tertiary/aromatic N) is 1. The summed E-state index contributed by atoms with van der Waals surface area (Å²) in [5.41, 5.74) is 3.25. The van der Waals surface area contributed by atoms with Crippen molar-refractivity contribution in [3.8, 4) is 0 Å². The van der Waals surface area contributed by atoms with Crippen LogP contribution in [-0.4, -0.2) is 30.8 Å². The largest absolute Gasteiger partial charge is 0.478 e. The normalized spacial score (nSPS) is 10.9. The minimum atomic E-state index is -0.999. The summed E-state index contributed by atoms with van der Waals surface area (Å²) in [5.74, 6) is -0.999. The van der Waals surface area contributed by atoms with Crippen molar-refractivity contribution in [2.24, 2.45) is 0 Å². The Bertz CT molecular complexity index is 625. The third-order valence-corrected chi connectivity index (χ3v) is 3.53. The third-order valence-electron chi connectivity index (χ3n) is 3.53.